The Morgan fingerprint density at radius 3 is 2.47 bits per heavy atom. The van der Waals surface area contributed by atoms with E-state index in [4.69, 9.17) is 4.74 Å². The highest BCUT2D eigenvalue weighted by atomic mass is 32.2. The van der Waals surface area contributed by atoms with Crippen molar-refractivity contribution in [2.45, 2.75) is 19.8 Å². The minimum absolute atomic E-state index is 0.0829. The van der Waals surface area contributed by atoms with Gasteiger partial charge in [-0.15, -0.1) is 10.2 Å². The van der Waals surface area contributed by atoms with Crippen LogP contribution in [0.2, 0.25) is 0 Å². The van der Waals surface area contributed by atoms with E-state index >= 15 is 0 Å². The van der Waals surface area contributed by atoms with Crippen LogP contribution in [0.25, 0.3) is 11.1 Å². The maximum atomic E-state index is 13.0. The van der Waals surface area contributed by atoms with Crippen molar-refractivity contribution in [1.82, 2.24) is 24.8 Å². The quantitative estimate of drug-likeness (QED) is 0.433. The fourth-order valence-electron chi connectivity index (χ4n) is 4.25. The first-order valence-electron chi connectivity index (χ1n) is 12.3. The molecule has 1 aromatic carbocycles. The number of hydrogen-bond acceptors (Lipinski definition) is 9. The molecular weight excluding hydrogens is 508 g/mol. The van der Waals surface area contributed by atoms with E-state index in [1.165, 1.54) is 6.07 Å². The van der Waals surface area contributed by atoms with Crippen LogP contribution in [-0.2, 0) is 21.2 Å². The summed E-state index contributed by atoms with van der Waals surface area (Å²) in [5.41, 5.74) is 2.97. The Morgan fingerprint density at radius 1 is 1.03 bits per heavy atom. The second kappa shape index (κ2) is 12.0. The molecule has 0 spiro atoms. The van der Waals surface area contributed by atoms with Gasteiger partial charge >= 0.3 is 0 Å². The number of nitrogens with zero attached hydrogens (tertiary/aromatic N) is 5. The normalized spacial score (nSPS) is 13.7. The van der Waals surface area contributed by atoms with Gasteiger partial charge in [-0.05, 0) is 42.7 Å². The van der Waals surface area contributed by atoms with Crippen LogP contribution >= 0.6 is 0 Å². The zero-order valence-corrected chi connectivity index (χ0v) is 22.1. The Kier molecular flexibility index (Phi) is 8.52. The van der Waals surface area contributed by atoms with Gasteiger partial charge in [0.1, 0.15) is 5.75 Å². The second-order valence-electron chi connectivity index (χ2n) is 8.85. The maximum absolute atomic E-state index is 13.0. The first-order valence-corrected chi connectivity index (χ1v) is 14.2. The van der Waals surface area contributed by atoms with Crippen molar-refractivity contribution in [3.63, 3.8) is 0 Å². The minimum Gasteiger partial charge on any atom is -0.492 e. The summed E-state index contributed by atoms with van der Waals surface area (Å²) in [6.45, 7) is 4.72. The molecule has 1 saturated heterocycles. The Balaban J connectivity index is 1.32. The van der Waals surface area contributed by atoms with Crippen LogP contribution in [0.3, 0.4) is 0 Å². The molecule has 2 aromatic heterocycles. The number of ether oxygens (including phenoxy) is 1. The lowest BCUT2D eigenvalue weighted by Gasteiger charge is -2.35. The van der Waals surface area contributed by atoms with Crippen LogP contribution in [-0.4, -0.2) is 79.4 Å². The monoisotopic (exact) mass is 538 g/mol. The van der Waals surface area contributed by atoms with Gasteiger partial charge in [-0.1, -0.05) is 24.3 Å². The number of benzene rings is 1. The SMILES string of the molecule is CCOc1cncc(-c2ccccc2CCC(=O)N2CCN(c3ccc(C(=O)NS(C)(=O)=O)nn3)CC2)c1. The highest BCUT2D eigenvalue weighted by molar-refractivity contribution is 7.89. The van der Waals surface area contributed by atoms with E-state index in [1.807, 2.05) is 51.8 Å². The molecule has 0 radical (unpaired) electrons. The highest BCUT2D eigenvalue weighted by Gasteiger charge is 2.23. The van der Waals surface area contributed by atoms with E-state index in [9.17, 15) is 18.0 Å². The van der Waals surface area contributed by atoms with Crippen LogP contribution < -0.4 is 14.4 Å². The van der Waals surface area contributed by atoms with Gasteiger partial charge in [-0.2, -0.15) is 0 Å². The molecular formula is C26H30N6O5S. The van der Waals surface area contributed by atoms with Crippen molar-refractivity contribution in [2.75, 3.05) is 43.9 Å². The van der Waals surface area contributed by atoms with Gasteiger partial charge in [0.25, 0.3) is 5.91 Å². The Bertz CT molecular complexity index is 1390. The van der Waals surface area contributed by atoms with E-state index in [2.05, 4.69) is 15.2 Å². The average molecular weight is 539 g/mol. The molecule has 0 bridgehead atoms. The van der Waals surface area contributed by atoms with Gasteiger partial charge in [0.05, 0.1) is 19.1 Å². The zero-order chi connectivity index (χ0) is 27.1. The molecule has 0 aliphatic carbocycles. The van der Waals surface area contributed by atoms with Crippen LogP contribution in [0.4, 0.5) is 5.82 Å². The number of piperazine rings is 1. The lowest BCUT2D eigenvalue weighted by atomic mass is 9.97. The van der Waals surface area contributed by atoms with Crippen LogP contribution in [0.5, 0.6) is 5.75 Å². The molecule has 2 amide bonds. The molecule has 0 atom stereocenters. The molecule has 1 aliphatic heterocycles. The minimum atomic E-state index is -3.68. The number of aryl methyl sites for hydroxylation is 1. The summed E-state index contributed by atoms with van der Waals surface area (Å²) in [7, 11) is -3.68. The van der Waals surface area contributed by atoms with E-state index in [0.29, 0.717) is 57.2 Å². The van der Waals surface area contributed by atoms with Crippen molar-refractivity contribution < 1.29 is 22.7 Å². The van der Waals surface area contributed by atoms with E-state index in [-0.39, 0.29) is 11.6 Å². The molecule has 200 valence electrons. The third-order valence-corrected chi connectivity index (χ3v) is 6.63. The van der Waals surface area contributed by atoms with Gasteiger partial charge in [0, 0.05) is 44.4 Å². The second-order valence-corrected chi connectivity index (χ2v) is 10.6. The van der Waals surface area contributed by atoms with Gasteiger partial charge in [-0.25, -0.2) is 13.1 Å². The highest BCUT2D eigenvalue weighted by Crippen LogP contribution is 2.27. The zero-order valence-electron chi connectivity index (χ0n) is 21.3. The van der Waals surface area contributed by atoms with E-state index in [0.717, 1.165) is 22.9 Å². The number of carbonyl (C=O) groups is 2. The third kappa shape index (κ3) is 7.03. The first-order chi connectivity index (χ1) is 18.2. The number of carbonyl (C=O) groups excluding carboxylic acids is 2. The Labute approximate surface area is 221 Å². The summed E-state index contributed by atoms with van der Waals surface area (Å²) >= 11 is 0. The van der Waals surface area contributed by atoms with E-state index < -0.39 is 15.9 Å². The first kappa shape index (κ1) is 27.0. The van der Waals surface area contributed by atoms with Crippen molar-refractivity contribution >= 4 is 27.7 Å². The van der Waals surface area contributed by atoms with Crippen molar-refractivity contribution in [3.8, 4) is 16.9 Å². The third-order valence-electron chi connectivity index (χ3n) is 6.08. The van der Waals surface area contributed by atoms with Crippen molar-refractivity contribution in [3.05, 3.63) is 66.1 Å². The lowest BCUT2D eigenvalue weighted by molar-refractivity contribution is -0.131. The molecule has 4 rings (SSSR count). The van der Waals surface area contributed by atoms with Gasteiger partial charge < -0.3 is 14.5 Å². The Morgan fingerprint density at radius 2 is 1.79 bits per heavy atom. The lowest BCUT2D eigenvalue weighted by Crippen LogP contribution is -2.49. The van der Waals surface area contributed by atoms with Gasteiger partial charge in [0.15, 0.2) is 11.5 Å². The number of hydrogen-bond donors (Lipinski definition) is 1. The topological polar surface area (TPSA) is 135 Å². The van der Waals surface area contributed by atoms with Gasteiger partial charge in [0.2, 0.25) is 15.9 Å². The average Bonchev–Trinajstić information content (AvgIpc) is 2.91. The maximum Gasteiger partial charge on any atom is 0.285 e. The molecule has 1 aliphatic rings. The fraction of sp³-hybridized carbons (Fsp3) is 0.346. The standard InChI is InChI=1S/C26H30N6O5S/c1-3-37-21-16-20(17-27-18-21)22-7-5-4-6-19(22)8-11-25(33)32-14-12-31(13-15-32)24-10-9-23(28-29-24)26(34)30-38(2,35)36/h4-7,9-10,16-18H,3,8,11-15H2,1-2H3,(H,30,34). The summed E-state index contributed by atoms with van der Waals surface area (Å²) in [4.78, 5) is 33.0. The Hall–Kier alpha value is -4.06. The number of aromatic nitrogens is 3. The number of rotatable bonds is 9. The number of nitrogens with one attached hydrogen (secondary N) is 1. The van der Waals surface area contributed by atoms with Crippen LogP contribution in [0.1, 0.15) is 29.4 Å². The summed E-state index contributed by atoms with van der Waals surface area (Å²) in [6, 6.07) is 13.0. The number of pyridine rings is 1. The number of anilines is 1. The molecule has 0 unspecified atom stereocenters. The predicted octanol–water partition coefficient (Wildman–Crippen LogP) is 1.91. The molecule has 38 heavy (non-hydrogen) atoms. The van der Waals surface area contributed by atoms with Crippen molar-refractivity contribution in [2.24, 2.45) is 0 Å². The number of sulfonamides is 1. The summed E-state index contributed by atoms with van der Waals surface area (Å²) in [5, 5.41) is 7.90. The van der Waals surface area contributed by atoms with Gasteiger partial charge in [-0.3, -0.25) is 14.6 Å². The van der Waals surface area contributed by atoms with Crippen LogP contribution in [0.15, 0.2) is 54.9 Å². The van der Waals surface area contributed by atoms with Crippen molar-refractivity contribution in [1.29, 1.82) is 0 Å². The molecule has 11 nitrogen and oxygen atoms in total. The summed E-state index contributed by atoms with van der Waals surface area (Å²) < 4.78 is 29.9. The smallest absolute Gasteiger partial charge is 0.285 e. The fourth-order valence-corrected chi connectivity index (χ4v) is 4.69. The summed E-state index contributed by atoms with van der Waals surface area (Å²) in [6.07, 6.45) is 5.38. The predicted molar refractivity (Wildman–Crippen MR) is 142 cm³/mol. The molecule has 1 N–H and O–H groups in total. The van der Waals surface area contributed by atoms with E-state index in [1.54, 1.807) is 18.5 Å². The summed E-state index contributed by atoms with van der Waals surface area (Å²) in [5.74, 6) is 0.524. The molecule has 12 heteroatoms. The largest absolute Gasteiger partial charge is 0.492 e. The van der Waals surface area contributed by atoms with Crippen LogP contribution in [0, 0.1) is 0 Å². The number of amides is 2. The molecule has 3 aromatic rings. The molecule has 1 fully saturated rings. The molecule has 3 heterocycles. The molecule has 0 saturated carbocycles.